The average Bonchev–Trinajstić information content (AvgIpc) is 3.15. The van der Waals surface area contributed by atoms with E-state index in [4.69, 9.17) is 33.2 Å². The number of rotatable bonds is 26. The molecule has 0 aliphatic carbocycles. The Hall–Kier alpha value is -0.680. The molecule has 0 radical (unpaired) electrons. The molecule has 314 valence electrons. The van der Waals surface area contributed by atoms with Crippen LogP contribution in [0.5, 0.6) is 0 Å². The lowest BCUT2D eigenvalue weighted by molar-refractivity contribution is -0.374. The number of unbranched alkanes of at least 4 members (excludes halogenated alkanes) is 13. The Morgan fingerprint density at radius 2 is 1.06 bits per heavy atom. The molecule has 3 fully saturated rings. The van der Waals surface area contributed by atoms with E-state index in [1.807, 2.05) is 0 Å². The molecule has 3 rings (SSSR count). The highest BCUT2D eigenvalue weighted by molar-refractivity contribution is 4.94. The van der Waals surface area contributed by atoms with E-state index in [2.05, 4.69) is 6.92 Å². The molecule has 10 N–H and O–H groups in total. The standard InChI is InChI=1S/C36H68O17/c1-2-3-4-5-6-7-8-9-10-11-12-13-14-15-16-47-19-22(20-48-34-31(45)26(40)23(39)21-49-34)50-36-33(30(44)28(42)25(18-38)52-36)53-35-32(46)29(43)27(41)24(17-37)51-35/h22-46H,2-21H2,1H3/t22-,23-,24-,25-,26+,27-,28-,29+,30+,31-,32-,33-,34-,35+,36-/m1/s1. The van der Waals surface area contributed by atoms with Crippen LogP contribution in [0.4, 0.5) is 0 Å². The predicted octanol–water partition coefficient (Wildman–Crippen LogP) is -1.05. The fraction of sp³-hybridized carbons (Fsp3) is 1.00. The second kappa shape index (κ2) is 25.5. The van der Waals surface area contributed by atoms with Crippen LogP contribution in [-0.4, -0.2) is 183 Å². The maximum absolute atomic E-state index is 11.0. The van der Waals surface area contributed by atoms with Crippen molar-refractivity contribution in [1.82, 2.24) is 0 Å². The van der Waals surface area contributed by atoms with Crippen LogP contribution < -0.4 is 0 Å². The number of aliphatic hydroxyl groups is 10. The van der Waals surface area contributed by atoms with Gasteiger partial charge < -0.3 is 84.2 Å². The molecule has 3 saturated heterocycles. The maximum Gasteiger partial charge on any atom is 0.187 e. The molecule has 0 spiro atoms. The number of ether oxygens (including phenoxy) is 7. The van der Waals surface area contributed by atoms with E-state index < -0.39 is 105 Å². The summed E-state index contributed by atoms with van der Waals surface area (Å²) in [5, 5.41) is 102. The van der Waals surface area contributed by atoms with E-state index in [1.165, 1.54) is 64.2 Å². The summed E-state index contributed by atoms with van der Waals surface area (Å²) >= 11 is 0. The van der Waals surface area contributed by atoms with Gasteiger partial charge in [-0.1, -0.05) is 90.4 Å². The van der Waals surface area contributed by atoms with Gasteiger partial charge in [-0.05, 0) is 6.42 Å². The Balaban J connectivity index is 1.54. The van der Waals surface area contributed by atoms with Crippen LogP contribution in [0, 0.1) is 0 Å². The lowest BCUT2D eigenvalue weighted by atomic mass is 9.97. The smallest absolute Gasteiger partial charge is 0.187 e. The van der Waals surface area contributed by atoms with Crippen LogP contribution in [0.25, 0.3) is 0 Å². The predicted molar refractivity (Wildman–Crippen MR) is 186 cm³/mol. The van der Waals surface area contributed by atoms with Crippen molar-refractivity contribution in [3.05, 3.63) is 0 Å². The minimum absolute atomic E-state index is 0.0957. The number of aliphatic hydroxyl groups excluding tert-OH is 10. The molecule has 17 nitrogen and oxygen atoms in total. The zero-order valence-corrected chi connectivity index (χ0v) is 31.1. The van der Waals surface area contributed by atoms with E-state index >= 15 is 0 Å². The third-order valence-electron chi connectivity index (χ3n) is 10.1. The highest BCUT2D eigenvalue weighted by atomic mass is 16.8. The van der Waals surface area contributed by atoms with Crippen molar-refractivity contribution in [3.63, 3.8) is 0 Å². The van der Waals surface area contributed by atoms with Crippen LogP contribution >= 0.6 is 0 Å². The zero-order chi connectivity index (χ0) is 38.8. The first kappa shape index (κ1) is 46.7. The molecule has 0 bridgehead atoms. The van der Waals surface area contributed by atoms with Crippen molar-refractivity contribution in [3.8, 4) is 0 Å². The molecule has 0 aromatic rings. The minimum Gasteiger partial charge on any atom is -0.394 e. The molecule has 17 heteroatoms. The highest BCUT2D eigenvalue weighted by Crippen LogP contribution is 2.30. The number of hydrogen-bond donors (Lipinski definition) is 10. The van der Waals surface area contributed by atoms with E-state index in [-0.39, 0.29) is 19.8 Å². The van der Waals surface area contributed by atoms with Gasteiger partial charge in [0.2, 0.25) is 0 Å². The maximum atomic E-state index is 11.0. The highest BCUT2D eigenvalue weighted by Gasteiger charge is 2.51. The molecule has 0 amide bonds. The SMILES string of the molecule is CCCCCCCCCCCCCCCCOC[C@H](CO[C@@H]1OC[C@@H](O)[C@H](O)[C@H]1O)O[C@@H]1O[C@H](CO)[C@@H](O)[C@H](O)[C@H]1O[C@@H]1O[C@H](CO)[C@@H](O)[C@H](O)[C@H]1O. The van der Waals surface area contributed by atoms with Crippen LogP contribution in [0.15, 0.2) is 0 Å². The van der Waals surface area contributed by atoms with Gasteiger partial charge in [0, 0.05) is 6.61 Å². The van der Waals surface area contributed by atoms with E-state index in [0.717, 1.165) is 25.7 Å². The zero-order valence-electron chi connectivity index (χ0n) is 31.1. The lowest BCUT2D eigenvalue weighted by Crippen LogP contribution is -2.65. The Labute approximate surface area is 312 Å². The van der Waals surface area contributed by atoms with Gasteiger partial charge in [0.1, 0.15) is 73.2 Å². The Bertz CT molecular complexity index is 934. The first-order chi connectivity index (χ1) is 25.5. The quantitative estimate of drug-likeness (QED) is 0.0470. The van der Waals surface area contributed by atoms with Crippen molar-refractivity contribution in [1.29, 1.82) is 0 Å². The monoisotopic (exact) mass is 772 g/mol. The van der Waals surface area contributed by atoms with Gasteiger partial charge in [0.15, 0.2) is 18.9 Å². The second-order valence-corrected chi connectivity index (χ2v) is 14.5. The van der Waals surface area contributed by atoms with Gasteiger partial charge in [-0.3, -0.25) is 0 Å². The summed E-state index contributed by atoms with van der Waals surface area (Å²) in [4.78, 5) is 0. The summed E-state index contributed by atoms with van der Waals surface area (Å²) in [7, 11) is 0. The molecule has 3 heterocycles. The molecule has 53 heavy (non-hydrogen) atoms. The minimum atomic E-state index is -1.84. The summed E-state index contributed by atoms with van der Waals surface area (Å²) in [6, 6.07) is 0. The lowest BCUT2D eigenvalue weighted by Gasteiger charge is -2.46. The molecule has 0 aromatic carbocycles. The Morgan fingerprint density at radius 1 is 0.547 bits per heavy atom. The molecule has 15 atom stereocenters. The molecule has 0 aromatic heterocycles. The summed E-state index contributed by atoms with van der Waals surface area (Å²) in [6.07, 6.45) is -6.18. The molecular formula is C36H68O17. The molecule has 3 aliphatic rings. The molecule has 0 unspecified atom stereocenters. The third-order valence-corrected chi connectivity index (χ3v) is 10.1. The Kier molecular flexibility index (Phi) is 22.5. The normalized spacial score (nSPS) is 37.2. The summed E-state index contributed by atoms with van der Waals surface area (Å²) in [6.45, 7) is 0.440. The van der Waals surface area contributed by atoms with Crippen molar-refractivity contribution in [2.45, 2.75) is 189 Å². The Morgan fingerprint density at radius 3 is 1.62 bits per heavy atom. The van der Waals surface area contributed by atoms with Gasteiger partial charge in [0.05, 0.1) is 33.0 Å². The average molecular weight is 773 g/mol. The van der Waals surface area contributed by atoms with E-state index in [9.17, 15) is 51.1 Å². The molecule has 0 saturated carbocycles. The fourth-order valence-electron chi connectivity index (χ4n) is 6.70. The van der Waals surface area contributed by atoms with Gasteiger partial charge in [-0.2, -0.15) is 0 Å². The van der Waals surface area contributed by atoms with E-state index in [1.54, 1.807) is 0 Å². The first-order valence-corrected chi connectivity index (χ1v) is 19.6. The largest absolute Gasteiger partial charge is 0.394 e. The van der Waals surface area contributed by atoms with Gasteiger partial charge in [0.25, 0.3) is 0 Å². The van der Waals surface area contributed by atoms with Gasteiger partial charge >= 0.3 is 0 Å². The van der Waals surface area contributed by atoms with Crippen molar-refractivity contribution < 1.29 is 84.2 Å². The van der Waals surface area contributed by atoms with E-state index in [0.29, 0.717) is 6.61 Å². The summed E-state index contributed by atoms with van der Waals surface area (Å²) < 4.78 is 40.0. The first-order valence-electron chi connectivity index (χ1n) is 19.6. The summed E-state index contributed by atoms with van der Waals surface area (Å²) in [5.74, 6) is 0. The fourth-order valence-corrected chi connectivity index (χ4v) is 6.70. The summed E-state index contributed by atoms with van der Waals surface area (Å²) in [5.41, 5.74) is 0. The molecule has 3 aliphatic heterocycles. The molecular weight excluding hydrogens is 704 g/mol. The van der Waals surface area contributed by atoms with Crippen LogP contribution in [0.3, 0.4) is 0 Å². The van der Waals surface area contributed by atoms with Crippen LogP contribution in [0.1, 0.15) is 96.8 Å². The van der Waals surface area contributed by atoms with Crippen LogP contribution in [-0.2, 0) is 33.2 Å². The van der Waals surface area contributed by atoms with Crippen molar-refractivity contribution in [2.75, 3.05) is 39.6 Å². The third kappa shape index (κ3) is 15.0. The van der Waals surface area contributed by atoms with Crippen molar-refractivity contribution in [2.24, 2.45) is 0 Å². The van der Waals surface area contributed by atoms with Gasteiger partial charge in [-0.15, -0.1) is 0 Å². The van der Waals surface area contributed by atoms with Crippen LogP contribution in [0.2, 0.25) is 0 Å². The topological polar surface area (TPSA) is 267 Å². The second-order valence-electron chi connectivity index (χ2n) is 14.5. The van der Waals surface area contributed by atoms with Crippen molar-refractivity contribution >= 4 is 0 Å². The van der Waals surface area contributed by atoms with Gasteiger partial charge in [-0.25, -0.2) is 0 Å². The number of hydrogen-bond acceptors (Lipinski definition) is 17.